The molecule has 4 heteroatoms. The fourth-order valence-electron chi connectivity index (χ4n) is 3.92. The van der Waals surface area contributed by atoms with Crippen molar-refractivity contribution >= 4 is 16.9 Å². The van der Waals surface area contributed by atoms with Gasteiger partial charge in [-0.2, -0.15) is 0 Å². The smallest absolute Gasteiger partial charge is 0.193 e. The minimum Gasteiger partial charge on any atom is -0.508 e. The molecule has 0 atom stereocenters. The fraction of sp³-hybridized carbons (Fsp3) is 0.192. The van der Waals surface area contributed by atoms with E-state index < -0.39 is 0 Å². The van der Waals surface area contributed by atoms with Gasteiger partial charge in [0, 0.05) is 11.1 Å². The highest BCUT2D eigenvalue weighted by atomic mass is 16.5. The Bertz CT molecular complexity index is 1090. The third kappa shape index (κ3) is 3.81. The number of aromatic hydroxyl groups is 1. The summed E-state index contributed by atoms with van der Waals surface area (Å²) in [4.78, 5) is 13.6. The predicted octanol–water partition coefficient (Wildman–Crippen LogP) is 5.54. The molecule has 0 radical (unpaired) electrons. The molecular formula is C26H24O4. The van der Waals surface area contributed by atoms with Gasteiger partial charge in [-0.15, -0.1) is 0 Å². The Labute approximate surface area is 176 Å². The van der Waals surface area contributed by atoms with Crippen molar-refractivity contribution in [3.63, 3.8) is 0 Å². The number of fused-ring (bicyclic) bond motifs is 1. The number of methoxy groups -OCH3 is 1. The first kappa shape index (κ1) is 19.8. The summed E-state index contributed by atoms with van der Waals surface area (Å²) in [6.45, 7) is 2.57. The maximum absolute atomic E-state index is 13.6. The maximum atomic E-state index is 13.6. The molecule has 0 bridgehead atoms. The van der Waals surface area contributed by atoms with Gasteiger partial charge < -0.3 is 14.6 Å². The number of phenols is 1. The molecule has 0 aromatic heterocycles. The second kappa shape index (κ2) is 8.46. The lowest BCUT2D eigenvalue weighted by molar-refractivity contribution is 0.105. The number of carbonyl (C=O) groups excluding carboxylic acids is 1. The largest absolute Gasteiger partial charge is 0.508 e. The number of ketones is 1. The normalized spacial score (nSPS) is 13.0. The Morgan fingerprint density at radius 1 is 0.933 bits per heavy atom. The highest BCUT2D eigenvalue weighted by molar-refractivity contribution is 6.35. The monoisotopic (exact) mass is 400 g/mol. The number of aryl methyl sites for hydroxylation is 1. The Balaban J connectivity index is 1.86. The summed E-state index contributed by atoms with van der Waals surface area (Å²) in [6, 6.07) is 20.2. The zero-order valence-corrected chi connectivity index (χ0v) is 17.1. The Morgan fingerprint density at radius 2 is 1.63 bits per heavy atom. The molecule has 0 saturated heterocycles. The van der Waals surface area contributed by atoms with Crippen molar-refractivity contribution in [2.45, 2.75) is 19.8 Å². The number of phenolic OH excluding ortho intramolecular Hbond substituents is 1. The molecule has 0 spiro atoms. The second-order valence-corrected chi connectivity index (χ2v) is 7.21. The van der Waals surface area contributed by atoms with E-state index in [4.69, 9.17) is 9.47 Å². The second-order valence-electron chi connectivity index (χ2n) is 7.21. The molecule has 4 rings (SSSR count). The van der Waals surface area contributed by atoms with Gasteiger partial charge in [-0.1, -0.05) is 18.2 Å². The number of ether oxygens (including phenoxy) is 2. The lowest BCUT2D eigenvalue weighted by atomic mass is 9.79. The minimum atomic E-state index is -0.0509. The van der Waals surface area contributed by atoms with Crippen LogP contribution in [0.4, 0.5) is 0 Å². The van der Waals surface area contributed by atoms with Crippen LogP contribution in [0.15, 0.2) is 66.7 Å². The van der Waals surface area contributed by atoms with Gasteiger partial charge >= 0.3 is 0 Å². The van der Waals surface area contributed by atoms with E-state index in [1.807, 2.05) is 49.4 Å². The SMILES string of the molecule is CCOc1ccc(C2=C(C(=O)c3ccc(O)cc3)c3ccc(OC)cc3CC2)cc1. The van der Waals surface area contributed by atoms with E-state index in [9.17, 15) is 9.90 Å². The van der Waals surface area contributed by atoms with Crippen molar-refractivity contribution in [3.8, 4) is 17.2 Å². The van der Waals surface area contributed by atoms with Crippen LogP contribution in [0.5, 0.6) is 17.2 Å². The molecule has 4 nitrogen and oxygen atoms in total. The third-order valence-corrected chi connectivity index (χ3v) is 5.40. The summed E-state index contributed by atoms with van der Waals surface area (Å²) in [5, 5.41) is 9.61. The first-order valence-corrected chi connectivity index (χ1v) is 10.1. The Morgan fingerprint density at radius 3 is 2.30 bits per heavy atom. The Hall–Kier alpha value is -3.53. The molecule has 0 unspecified atom stereocenters. The van der Waals surface area contributed by atoms with Crippen LogP contribution in [-0.2, 0) is 6.42 Å². The number of Topliss-reactive ketones (excluding diaryl/α,β-unsaturated/α-hetero) is 1. The van der Waals surface area contributed by atoms with Crippen LogP contribution >= 0.6 is 0 Å². The van der Waals surface area contributed by atoms with E-state index in [1.165, 1.54) is 0 Å². The van der Waals surface area contributed by atoms with Crippen LogP contribution in [0.1, 0.15) is 40.4 Å². The molecule has 1 aliphatic rings. The number of hydrogen-bond acceptors (Lipinski definition) is 4. The average molecular weight is 400 g/mol. The van der Waals surface area contributed by atoms with E-state index >= 15 is 0 Å². The molecule has 0 aliphatic heterocycles. The van der Waals surface area contributed by atoms with Crippen molar-refractivity contribution in [3.05, 3.63) is 89.0 Å². The number of allylic oxidation sites excluding steroid dienone is 2. The summed E-state index contributed by atoms with van der Waals surface area (Å²) >= 11 is 0. The molecule has 1 N–H and O–H groups in total. The van der Waals surface area contributed by atoms with Gasteiger partial charge in [0.2, 0.25) is 0 Å². The van der Waals surface area contributed by atoms with Crippen molar-refractivity contribution in [1.82, 2.24) is 0 Å². The van der Waals surface area contributed by atoms with Crippen LogP contribution < -0.4 is 9.47 Å². The molecule has 0 saturated carbocycles. The first-order chi connectivity index (χ1) is 14.6. The molecule has 3 aromatic rings. The Kier molecular flexibility index (Phi) is 5.57. The quantitative estimate of drug-likeness (QED) is 0.552. The number of rotatable bonds is 6. The zero-order chi connectivity index (χ0) is 21.1. The first-order valence-electron chi connectivity index (χ1n) is 10.1. The lowest BCUT2D eigenvalue weighted by Gasteiger charge is -2.24. The lowest BCUT2D eigenvalue weighted by Crippen LogP contribution is -2.12. The van der Waals surface area contributed by atoms with Gasteiger partial charge in [-0.25, -0.2) is 0 Å². The van der Waals surface area contributed by atoms with E-state index in [1.54, 1.807) is 31.4 Å². The van der Waals surface area contributed by atoms with Crippen LogP contribution in [0.3, 0.4) is 0 Å². The topological polar surface area (TPSA) is 55.8 Å². The highest BCUT2D eigenvalue weighted by Gasteiger charge is 2.26. The van der Waals surface area contributed by atoms with Crippen LogP contribution in [0, 0.1) is 0 Å². The average Bonchev–Trinajstić information content (AvgIpc) is 2.78. The predicted molar refractivity (Wildman–Crippen MR) is 118 cm³/mol. The van der Waals surface area contributed by atoms with Gasteiger partial charge in [0.1, 0.15) is 17.2 Å². The van der Waals surface area contributed by atoms with Gasteiger partial charge in [0.25, 0.3) is 0 Å². The summed E-state index contributed by atoms with van der Waals surface area (Å²) in [5.74, 6) is 1.69. The third-order valence-electron chi connectivity index (χ3n) is 5.40. The number of benzene rings is 3. The van der Waals surface area contributed by atoms with Crippen LogP contribution in [-0.4, -0.2) is 24.6 Å². The summed E-state index contributed by atoms with van der Waals surface area (Å²) < 4.78 is 10.9. The van der Waals surface area contributed by atoms with Crippen molar-refractivity contribution in [1.29, 1.82) is 0 Å². The molecular weight excluding hydrogens is 376 g/mol. The summed E-state index contributed by atoms with van der Waals surface area (Å²) in [6.07, 6.45) is 1.59. The minimum absolute atomic E-state index is 0.0509. The fourth-order valence-corrected chi connectivity index (χ4v) is 3.92. The van der Waals surface area contributed by atoms with E-state index in [0.29, 0.717) is 17.7 Å². The van der Waals surface area contributed by atoms with Crippen LogP contribution in [0.2, 0.25) is 0 Å². The molecule has 3 aromatic carbocycles. The summed E-state index contributed by atoms with van der Waals surface area (Å²) in [5.41, 5.74) is 5.33. The summed E-state index contributed by atoms with van der Waals surface area (Å²) in [7, 11) is 1.65. The van der Waals surface area contributed by atoms with Crippen LogP contribution in [0.25, 0.3) is 11.1 Å². The molecule has 0 fully saturated rings. The molecule has 30 heavy (non-hydrogen) atoms. The van der Waals surface area contributed by atoms with Gasteiger partial charge in [0.15, 0.2) is 5.78 Å². The van der Waals surface area contributed by atoms with Crippen molar-refractivity contribution in [2.75, 3.05) is 13.7 Å². The van der Waals surface area contributed by atoms with Gasteiger partial charge in [-0.05, 0) is 90.6 Å². The van der Waals surface area contributed by atoms with E-state index in [-0.39, 0.29) is 11.5 Å². The van der Waals surface area contributed by atoms with Gasteiger partial charge in [-0.3, -0.25) is 4.79 Å². The standard InChI is InChI=1S/C26H24O4/c1-3-30-21-11-6-17(7-12-21)23-14-8-19-16-22(29-2)13-15-24(19)25(23)26(28)18-4-9-20(27)10-5-18/h4-7,9-13,15-16,27H,3,8,14H2,1-2H3. The zero-order valence-electron chi connectivity index (χ0n) is 17.1. The highest BCUT2D eigenvalue weighted by Crippen LogP contribution is 2.40. The molecule has 0 amide bonds. The van der Waals surface area contributed by atoms with Crippen molar-refractivity contribution < 1.29 is 19.4 Å². The van der Waals surface area contributed by atoms with Gasteiger partial charge in [0.05, 0.1) is 13.7 Å². The number of carbonyl (C=O) groups is 1. The molecule has 152 valence electrons. The van der Waals surface area contributed by atoms with E-state index in [2.05, 4.69) is 0 Å². The molecule has 0 heterocycles. The number of hydrogen-bond donors (Lipinski definition) is 1. The van der Waals surface area contributed by atoms with Crippen molar-refractivity contribution in [2.24, 2.45) is 0 Å². The van der Waals surface area contributed by atoms with E-state index in [0.717, 1.165) is 46.6 Å². The maximum Gasteiger partial charge on any atom is 0.193 e. The molecule has 1 aliphatic carbocycles.